The monoisotopic (exact) mass is 253 g/mol. The molecule has 0 heterocycles. The van der Waals surface area contributed by atoms with Crippen molar-refractivity contribution in [2.24, 2.45) is 0 Å². The molecule has 0 unspecified atom stereocenters. The van der Waals surface area contributed by atoms with Gasteiger partial charge < -0.3 is 10.4 Å². The van der Waals surface area contributed by atoms with Crippen molar-refractivity contribution in [1.82, 2.24) is 5.32 Å². The smallest absolute Gasteiger partial charge is 0.305 e. The molecule has 0 aliphatic heterocycles. The molecule has 1 aromatic carbocycles. The lowest BCUT2D eigenvalue weighted by Gasteiger charge is -2.03. The molecule has 0 saturated carbocycles. The third-order valence-electron chi connectivity index (χ3n) is 2.00. The van der Waals surface area contributed by atoms with Gasteiger partial charge in [0.25, 0.3) is 0 Å². The van der Waals surface area contributed by atoms with Gasteiger partial charge in [0.2, 0.25) is 5.91 Å². The first-order valence-electron chi connectivity index (χ1n) is 5.35. The predicted molar refractivity (Wildman–Crippen MR) is 67.0 cm³/mol. The van der Waals surface area contributed by atoms with Crippen molar-refractivity contribution in [3.05, 3.63) is 30.3 Å². The fourth-order valence-electron chi connectivity index (χ4n) is 1.18. The van der Waals surface area contributed by atoms with Crippen LogP contribution in [0.1, 0.15) is 12.8 Å². The van der Waals surface area contributed by atoms with Gasteiger partial charge in [0.1, 0.15) is 0 Å². The highest BCUT2D eigenvalue weighted by molar-refractivity contribution is 7.99. The Hall–Kier alpha value is -1.49. The Bertz CT molecular complexity index is 367. The standard InChI is InChI=1S/C12H15NO3S/c14-11(13-8-6-12(15)16)7-9-17-10-4-2-1-3-5-10/h1-5H,6-9H2,(H,13,14)(H,15,16). The van der Waals surface area contributed by atoms with Gasteiger partial charge in [0.15, 0.2) is 0 Å². The lowest BCUT2D eigenvalue weighted by molar-refractivity contribution is -0.136. The van der Waals surface area contributed by atoms with Crippen LogP contribution < -0.4 is 5.32 Å². The molecule has 17 heavy (non-hydrogen) atoms. The Labute approximate surface area is 104 Å². The van der Waals surface area contributed by atoms with Gasteiger partial charge in [-0.25, -0.2) is 0 Å². The molecule has 2 N–H and O–H groups in total. The first-order valence-corrected chi connectivity index (χ1v) is 6.33. The third-order valence-corrected chi connectivity index (χ3v) is 3.02. The molecular formula is C12H15NO3S. The zero-order valence-electron chi connectivity index (χ0n) is 9.39. The number of thioether (sulfide) groups is 1. The average molecular weight is 253 g/mol. The zero-order valence-corrected chi connectivity index (χ0v) is 10.2. The van der Waals surface area contributed by atoms with E-state index in [0.717, 1.165) is 4.90 Å². The van der Waals surface area contributed by atoms with Gasteiger partial charge in [-0.15, -0.1) is 11.8 Å². The first-order chi connectivity index (χ1) is 8.18. The molecule has 0 spiro atoms. The quantitative estimate of drug-likeness (QED) is 0.727. The van der Waals surface area contributed by atoms with Gasteiger partial charge >= 0.3 is 5.97 Å². The summed E-state index contributed by atoms with van der Waals surface area (Å²) in [4.78, 5) is 22.7. The average Bonchev–Trinajstić information content (AvgIpc) is 2.30. The third kappa shape index (κ3) is 6.63. The number of carboxylic acids is 1. The maximum Gasteiger partial charge on any atom is 0.305 e. The number of benzene rings is 1. The van der Waals surface area contributed by atoms with Crippen LogP contribution in [-0.4, -0.2) is 29.3 Å². The van der Waals surface area contributed by atoms with Crippen LogP contribution in [0, 0.1) is 0 Å². The van der Waals surface area contributed by atoms with Crippen molar-refractivity contribution >= 4 is 23.6 Å². The van der Waals surface area contributed by atoms with Crippen LogP contribution in [0.15, 0.2) is 35.2 Å². The molecule has 1 amide bonds. The summed E-state index contributed by atoms with van der Waals surface area (Å²) in [7, 11) is 0. The first kappa shape index (κ1) is 13.6. The van der Waals surface area contributed by atoms with Crippen molar-refractivity contribution in [2.45, 2.75) is 17.7 Å². The van der Waals surface area contributed by atoms with E-state index >= 15 is 0 Å². The van der Waals surface area contributed by atoms with Crippen molar-refractivity contribution in [2.75, 3.05) is 12.3 Å². The molecule has 5 heteroatoms. The highest BCUT2D eigenvalue weighted by atomic mass is 32.2. The second-order valence-corrected chi connectivity index (χ2v) is 4.57. The molecule has 4 nitrogen and oxygen atoms in total. The number of carboxylic acid groups (broad SMARTS) is 1. The van der Waals surface area contributed by atoms with E-state index in [9.17, 15) is 9.59 Å². The molecule has 0 aliphatic carbocycles. The summed E-state index contributed by atoms with van der Waals surface area (Å²) in [5.74, 6) is -0.304. The van der Waals surface area contributed by atoms with E-state index in [2.05, 4.69) is 5.32 Å². The maximum atomic E-state index is 11.3. The SMILES string of the molecule is O=C(O)CCNC(=O)CCSc1ccccc1. The summed E-state index contributed by atoms with van der Waals surface area (Å²) in [6.45, 7) is 0.199. The van der Waals surface area contributed by atoms with Gasteiger partial charge in [-0.2, -0.15) is 0 Å². The molecule has 0 atom stereocenters. The Morgan fingerprint density at radius 3 is 2.53 bits per heavy atom. The van der Waals surface area contributed by atoms with Crippen LogP contribution in [0.4, 0.5) is 0 Å². The number of hydrogen-bond donors (Lipinski definition) is 2. The van der Waals surface area contributed by atoms with Crippen LogP contribution in [0.25, 0.3) is 0 Å². The normalized spacial score (nSPS) is 9.88. The fourth-order valence-corrected chi connectivity index (χ4v) is 2.05. The van der Waals surface area contributed by atoms with Crippen LogP contribution in [0.2, 0.25) is 0 Å². The van der Waals surface area contributed by atoms with E-state index in [4.69, 9.17) is 5.11 Å². The number of nitrogens with one attached hydrogen (secondary N) is 1. The lowest BCUT2D eigenvalue weighted by Crippen LogP contribution is -2.26. The number of carbonyl (C=O) groups is 2. The maximum absolute atomic E-state index is 11.3. The summed E-state index contributed by atoms with van der Waals surface area (Å²) in [6, 6.07) is 9.84. The minimum absolute atomic E-state index is 0.0302. The highest BCUT2D eigenvalue weighted by Gasteiger charge is 2.02. The number of hydrogen-bond acceptors (Lipinski definition) is 3. The molecule has 0 fully saturated rings. The second-order valence-electron chi connectivity index (χ2n) is 3.41. The summed E-state index contributed by atoms with van der Waals surface area (Å²) in [6.07, 6.45) is 0.372. The second kappa shape index (κ2) is 7.73. The number of rotatable bonds is 7. The highest BCUT2D eigenvalue weighted by Crippen LogP contribution is 2.17. The van der Waals surface area contributed by atoms with E-state index in [1.807, 2.05) is 30.3 Å². The molecule has 1 rings (SSSR count). The topological polar surface area (TPSA) is 66.4 Å². The van der Waals surface area contributed by atoms with Gasteiger partial charge in [0, 0.05) is 23.6 Å². The molecule has 0 bridgehead atoms. The Kier molecular flexibility index (Phi) is 6.17. The van der Waals surface area contributed by atoms with E-state index in [-0.39, 0.29) is 18.9 Å². The summed E-state index contributed by atoms with van der Waals surface area (Å²) < 4.78 is 0. The van der Waals surface area contributed by atoms with Gasteiger partial charge in [-0.3, -0.25) is 9.59 Å². The van der Waals surface area contributed by atoms with Crippen LogP contribution in [0.3, 0.4) is 0 Å². The van der Waals surface area contributed by atoms with E-state index in [1.165, 1.54) is 0 Å². The molecule has 92 valence electrons. The van der Waals surface area contributed by atoms with Gasteiger partial charge in [-0.1, -0.05) is 18.2 Å². The summed E-state index contributed by atoms with van der Waals surface area (Å²) >= 11 is 1.61. The molecular weight excluding hydrogens is 238 g/mol. The Morgan fingerprint density at radius 1 is 1.18 bits per heavy atom. The van der Waals surface area contributed by atoms with E-state index in [1.54, 1.807) is 11.8 Å². The van der Waals surface area contributed by atoms with Crippen molar-refractivity contribution < 1.29 is 14.7 Å². The zero-order chi connectivity index (χ0) is 12.5. The van der Waals surface area contributed by atoms with Crippen LogP contribution in [0.5, 0.6) is 0 Å². The van der Waals surface area contributed by atoms with Crippen molar-refractivity contribution in [3.8, 4) is 0 Å². The van der Waals surface area contributed by atoms with Gasteiger partial charge in [-0.05, 0) is 12.1 Å². The molecule has 0 saturated heterocycles. The van der Waals surface area contributed by atoms with Crippen molar-refractivity contribution in [1.29, 1.82) is 0 Å². The molecule has 0 radical (unpaired) electrons. The molecule has 0 aliphatic rings. The minimum Gasteiger partial charge on any atom is -0.481 e. The summed E-state index contributed by atoms with van der Waals surface area (Å²) in [5, 5.41) is 11.0. The largest absolute Gasteiger partial charge is 0.481 e. The van der Waals surface area contributed by atoms with E-state index in [0.29, 0.717) is 12.2 Å². The van der Waals surface area contributed by atoms with Crippen LogP contribution >= 0.6 is 11.8 Å². The minimum atomic E-state index is -0.899. The summed E-state index contributed by atoms with van der Waals surface area (Å²) in [5.41, 5.74) is 0. The fraction of sp³-hybridized carbons (Fsp3) is 0.333. The van der Waals surface area contributed by atoms with Crippen LogP contribution in [-0.2, 0) is 9.59 Å². The van der Waals surface area contributed by atoms with E-state index < -0.39 is 5.97 Å². The number of carbonyl (C=O) groups excluding carboxylic acids is 1. The molecule has 1 aromatic rings. The Morgan fingerprint density at radius 2 is 1.88 bits per heavy atom. The molecule has 0 aromatic heterocycles. The Balaban J connectivity index is 2.10. The number of aliphatic carboxylic acids is 1. The lowest BCUT2D eigenvalue weighted by atomic mass is 10.4. The number of amides is 1. The van der Waals surface area contributed by atoms with Crippen molar-refractivity contribution in [3.63, 3.8) is 0 Å². The predicted octanol–water partition coefficient (Wildman–Crippen LogP) is 1.76. The van der Waals surface area contributed by atoms with Gasteiger partial charge in [0.05, 0.1) is 6.42 Å².